The summed E-state index contributed by atoms with van der Waals surface area (Å²) in [7, 11) is 0. The molecule has 4 heterocycles. The summed E-state index contributed by atoms with van der Waals surface area (Å²) in [6.45, 7) is 0. The van der Waals surface area contributed by atoms with Crippen molar-refractivity contribution in [1.29, 1.82) is 0 Å². The highest BCUT2D eigenvalue weighted by Crippen LogP contribution is 2.45. The fraction of sp³-hybridized carbons (Fsp3) is 0. The van der Waals surface area contributed by atoms with Gasteiger partial charge in [-0.2, -0.15) is 0 Å². The first-order valence-electron chi connectivity index (χ1n) is 19.2. The molecule has 0 bridgehead atoms. The minimum atomic E-state index is 0.633. The lowest BCUT2D eigenvalue weighted by Gasteiger charge is -2.11. The Morgan fingerprint density at radius 3 is 1.91 bits per heavy atom. The van der Waals surface area contributed by atoms with Crippen molar-refractivity contribution in [2.75, 3.05) is 0 Å². The second-order valence-electron chi connectivity index (χ2n) is 14.9. The Morgan fingerprint density at radius 2 is 1.05 bits per heavy atom. The molecule has 0 N–H and O–H groups in total. The van der Waals surface area contributed by atoms with Crippen LogP contribution in [0.5, 0.6) is 0 Å². The molecular formula is C52H29N3O2. The summed E-state index contributed by atoms with van der Waals surface area (Å²) in [6, 6.07) is 61.8. The normalized spacial score (nSPS) is 12.2. The third-order valence-electron chi connectivity index (χ3n) is 11.8. The van der Waals surface area contributed by atoms with E-state index < -0.39 is 0 Å². The van der Waals surface area contributed by atoms with E-state index in [1.165, 1.54) is 0 Å². The van der Waals surface area contributed by atoms with E-state index in [0.717, 1.165) is 109 Å². The monoisotopic (exact) mass is 727 g/mol. The molecule has 5 nitrogen and oxygen atoms in total. The average Bonchev–Trinajstić information content (AvgIpc) is 3.96. The van der Waals surface area contributed by atoms with Crippen LogP contribution >= 0.6 is 0 Å². The van der Waals surface area contributed by atoms with Gasteiger partial charge in [-0.25, -0.2) is 9.97 Å². The molecule has 0 spiro atoms. The van der Waals surface area contributed by atoms with E-state index in [9.17, 15) is 0 Å². The number of aromatic nitrogens is 3. The average molecular weight is 728 g/mol. The predicted molar refractivity (Wildman–Crippen MR) is 234 cm³/mol. The van der Waals surface area contributed by atoms with Crippen molar-refractivity contribution >= 4 is 98.1 Å². The number of fused-ring (bicyclic) bond motifs is 16. The summed E-state index contributed by atoms with van der Waals surface area (Å²) in [6.07, 6.45) is 0. The molecule has 4 aromatic heterocycles. The molecule has 0 amide bonds. The molecule has 5 heteroatoms. The summed E-state index contributed by atoms with van der Waals surface area (Å²) in [5.74, 6) is 1.33. The molecule has 0 unspecified atom stereocenters. The van der Waals surface area contributed by atoms with Gasteiger partial charge in [-0.05, 0) is 74.5 Å². The molecule has 13 rings (SSSR count). The highest BCUT2D eigenvalue weighted by atomic mass is 16.3. The molecule has 0 radical (unpaired) electrons. The second kappa shape index (κ2) is 11.4. The van der Waals surface area contributed by atoms with Crippen LogP contribution in [0.25, 0.3) is 126 Å². The zero-order chi connectivity index (χ0) is 37.2. The standard InChI is InChI=1S/C52H29N3O2/c1-2-13-30(14-3-1)31-15-12-16-33(27-31)51-53-48-47-37-20-6-4-17-34(37)35-18-5-7-21-38(35)49(47)57-50(48)52(54-51)55-42-23-10-8-19-36(42)41-29-40-32(28-43(41)55)25-26-45-46(40)39-22-9-11-24-44(39)56-45/h1-29H. The molecule has 0 aliphatic carbocycles. The molecule has 0 aliphatic heterocycles. The minimum absolute atomic E-state index is 0.633. The van der Waals surface area contributed by atoms with E-state index in [1.807, 2.05) is 18.2 Å². The van der Waals surface area contributed by atoms with Crippen molar-refractivity contribution in [1.82, 2.24) is 14.5 Å². The van der Waals surface area contributed by atoms with Crippen LogP contribution in [-0.4, -0.2) is 14.5 Å². The van der Waals surface area contributed by atoms with Crippen molar-refractivity contribution < 1.29 is 8.83 Å². The van der Waals surface area contributed by atoms with Gasteiger partial charge < -0.3 is 8.83 Å². The Labute approximate surface area is 324 Å². The smallest absolute Gasteiger partial charge is 0.197 e. The van der Waals surface area contributed by atoms with E-state index in [-0.39, 0.29) is 0 Å². The number of nitrogens with zero attached hydrogens (tertiary/aromatic N) is 3. The highest BCUT2D eigenvalue weighted by molar-refractivity contribution is 6.30. The predicted octanol–water partition coefficient (Wildman–Crippen LogP) is 14.2. The second-order valence-corrected chi connectivity index (χ2v) is 14.9. The Morgan fingerprint density at radius 1 is 0.368 bits per heavy atom. The van der Waals surface area contributed by atoms with Gasteiger partial charge in [-0.1, -0.05) is 140 Å². The van der Waals surface area contributed by atoms with Crippen molar-refractivity contribution in [2.24, 2.45) is 0 Å². The van der Waals surface area contributed by atoms with Crippen LogP contribution in [0.2, 0.25) is 0 Å². The Kier molecular flexibility index (Phi) is 6.10. The van der Waals surface area contributed by atoms with Gasteiger partial charge in [0.25, 0.3) is 0 Å². The summed E-state index contributed by atoms with van der Waals surface area (Å²) in [4.78, 5) is 10.9. The van der Waals surface area contributed by atoms with Gasteiger partial charge in [0.15, 0.2) is 17.2 Å². The van der Waals surface area contributed by atoms with Crippen LogP contribution in [0, 0.1) is 0 Å². The lowest BCUT2D eigenvalue weighted by Crippen LogP contribution is -2.02. The van der Waals surface area contributed by atoms with Crippen LogP contribution in [0.3, 0.4) is 0 Å². The number of rotatable bonds is 3. The van der Waals surface area contributed by atoms with Crippen LogP contribution in [0.4, 0.5) is 0 Å². The topological polar surface area (TPSA) is 57.0 Å². The zero-order valence-corrected chi connectivity index (χ0v) is 30.4. The maximum absolute atomic E-state index is 7.14. The number of para-hydroxylation sites is 2. The SMILES string of the molecule is c1ccc(-c2cccc(-c3nc(-n4c5ccccc5c5cc6c(ccc7oc8ccccc8c76)cc54)c4oc5c6ccccc6c6ccccc6c5c4n3)c2)cc1. The Hall–Kier alpha value is -7.76. The molecule has 0 aliphatic rings. The number of benzene rings is 9. The summed E-state index contributed by atoms with van der Waals surface area (Å²) < 4.78 is 15.7. The third kappa shape index (κ3) is 4.28. The number of hydrogen-bond acceptors (Lipinski definition) is 4. The van der Waals surface area contributed by atoms with Gasteiger partial charge in [0.1, 0.15) is 22.3 Å². The van der Waals surface area contributed by atoms with Crippen molar-refractivity contribution in [3.05, 3.63) is 176 Å². The van der Waals surface area contributed by atoms with E-state index in [2.05, 4.69) is 162 Å². The zero-order valence-electron chi connectivity index (χ0n) is 30.4. The van der Waals surface area contributed by atoms with Gasteiger partial charge >= 0.3 is 0 Å². The molecule has 0 saturated carbocycles. The molecule has 0 saturated heterocycles. The van der Waals surface area contributed by atoms with E-state index in [1.54, 1.807) is 0 Å². The fourth-order valence-electron chi connectivity index (χ4n) is 9.24. The first kappa shape index (κ1) is 30.6. The largest absolute Gasteiger partial charge is 0.456 e. The quantitative estimate of drug-likeness (QED) is 0.170. The fourth-order valence-corrected chi connectivity index (χ4v) is 9.24. The third-order valence-corrected chi connectivity index (χ3v) is 11.8. The summed E-state index contributed by atoms with van der Waals surface area (Å²) in [5, 5.41) is 12.2. The molecule has 9 aromatic carbocycles. The van der Waals surface area contributed by atoms with Crippen molar-refractivity contribution in [3.63, 3.8) is 0 Å². The van der Waals surface area contributed by atoms with Crippen LogP contribution < -0.4 is 0 Å². The Bertz CT molecular complexity index is 3820. The first-order valence-corrected chi connectivity index (χ1v) is 19.2. The molecule has 0 atom stereocenters. The van der Waals surface area contributed by atoms with Gasteiger partial charge in [0, 0.05) is 32.5 Å². The van der Waals surface area contributed by atoms with E-state index in [0.29, 0.717) is 17.2 Å². The lowest BCUT2D eigenvalue weighted by atomic mass is 9.98. The molecule has 13 aromatic rings. The van der Waals surface area contributed by atoms with Crippen LogP contribution in [0.1, 0.15) is 0 Å². The number of furan rings is 2. The maximum atomic E-state index is 7.14. The lowest BCUT2D eigenvalue weighted by molar-refractivity contribution is 0.666. The first-order chi connectivity index (χ1) is 28.3. The number of hydrogen-bond donors (Lipinski definition) is 0. The van der Waals surface area contributed by atoms with Gasteiger partial charge in [-0.15, -0.1) is 0 Å². The molecule has 264 valence electrons. The van der Waals surface area contributed by atoms with Gasteiger partial charge in [0.05, 0.1) is 16.4 Å². The van der Waals surface area contributed by atoms with Crippen LogP contribution in [-0.2, 0) is 0 Å². The van der Waals surface area contributed by atoms with Crippen molar-refractivity contribution in [3.8, 4) is 28.3 Å². The molecule has 0 fully saturated rings. The van der Waals surface area contributed by atoms with Gasteiger partial charge in [0.2, 0.25) is 0 Å². The van der Waals surface area contributed by atoms with E-state index >= 15 is 0 Å². The summed E-state index contributed by atoms with van der Waals surface area (Å²) >= 11 is 0. The van der Waals surface area contributed by atoms with Gasteiger partial charge in [-0.3, -0.25) is 4.57 Å². The van der Waals surface area contributed by atoms with Crippen LogP contribution in [0.15, 0.2) is 185 Å². The maximum Gasteiger partial charge on any atom is 0.197 e. The Balaban J connectivity index is 1.19. The summed E-state index contributed by atoms with van der Waals surface area (Å²) in [5.41, 5.74) is 9.26. The minimum Gasteiger partial charge on any atom is -0.456 e. The molecular weight excluding hydrogens is 699 g/mol. The molecule has 57 heavy (non-hydrogen) atoms. The van der Waals surface area contributed by atoms with E-state index in [4.69, 9.17) is 18.8 Å². The highest BCUT2D eigenvalue weighted by Gasteiger charge is 2.25. The van der Waals surface area contributed by atoms with Crippen molar-refractivity contribution in [2.45, 2.75) is 0 Å².